The van der Waals surface area contributed by atoms with Crippen molar-refractivity contribution < 1.29 is 63.8 Å². The zero-order valence-electron chi connectivity index (χ0n) is 9.80. The Morgan fingerprint density at radius 2 is 1.62 bits per heavy atom. The molecule has 0 atom stereocenters. The molecule has 0 amide bonds. The molecule has 0 unspecified atom stereocenters. The van der Waals surface area contributed by atoms with Crippen molar-refractivity contribution in [2.45, 2.75) is 19.8 Å². The number of hydrogen-bond donors (Lipinski definition) is 3. The summed E-state index contributed by atoms with van der Waals surface area (Å²) in [6, 6.07) is 0. The Labute approximate surface area is 116 Å². The number of carboxylic acid groups (broad SMARTS) is 2. The van der Waals surface area contributed by atoms with E-state index in [0.29, 0.717) is 0 Å². The molecule has 0 spiro atoms. The summed E-state index contributed by atoms with van der Waals surface area (Å²) >= 11 is 0. The predicted octanol–water partition coefficient (Wildman–Crippen LogP) is -2.79. The van der Waals surface area contributed by atoms with E-state index in [0.717, 1.165) is 0 Å². The average molecular weight is 262 g/mol. The summed E-state index contributed by atoms with van der Waals surface area (Å²) in [5.74, 6) is -3.66. The summed E-state index contributed by atoms with van der Waals surface area (Å²) in [7, 11) is -5.03. The second-order valence-electron chi connectivity index (χ2n) is 2.64. The molecule has 0 aliphatic carbocycles. The van der Waals surface area contributed by atoms with E-state index in [-0.39, 0.29) is 43.8 Å². The fourth-order valence-electron chi connectivity index (χ4n) is 0.963. The van der Waals surface area contributed by atoms with Crippen molar-refractivity contribution in [2.24, 2.45) is 0 Å². The smallest absolute Gasteiger partial charge is 1.00 e. The number of aliphatic carboxylic acids is 2. The zero-order chi connectivity index (χ0) is 12.2. The molecular formula is C7H11NaO7S. The normalized spacial score (nSPS) is 12.4. The minimum absolute atomic E-state index is 0. The summed E-state index contributed by atoms with van der Waals surface area (Å²) in [5.41, 5.74) is -0.826. The number of carbonyl (C=O) groups is 2. The summed E-state index contributed by atoms with van der Waals surface area (Å²) in [4.78, 5) is 19.6. The van der Waals surface area contributed by atoms with Crippen LogP contribution in [-0.4, -0.2) is 35.1 Å². The van der Waals surface area contributed by atoms with Gasteiger partial charge in [0.1, 0.15) is 0 Å². The molecule has 9 heteroatoms. The van der Waals surface area contributed by atoms with Crippen molar-refractivity contribution >= 4 is 22.1 Å². The maximum absolute atomic E-state index is 10.6. The molecule has 0 saturated heterocycles. The molecule has 0 heterocycles. The van der Waals surface area contributed by atoms with Crippen LogP contribution in [0.3, 0.4) is 0 Å². The van der Waals surface area contributed by atoms with Crippen LogP contribution in [-0.2, 0) is 19.7 Å². The minimum Gasteiger partial charge on any atom is -1.00 e. The molecule has 3 N–H and O–H groups in total. The Bertz CT molecular complexity index is 414. The Hall–Kier alpha value is -0.410. The van der Waals surface area contributed by atoms with E-state index in [1.165, 1.54) is 0 Å². The topological polar surface area (TPSA) is 129 Å². The van der Waals surface area contributed by atoms with Gasteiger partial charge in [-0.15, -0.1) is 0 Å². The van der Waals surface area contributed by atoms with Crippen LogP contribution in [0.2, 0.25) is 0 Å². The van der Waals surface area contributed by atoms with Crippen molar-refractivity contribution in [3.63, 3.8) is 0 Å². The first-order chi connectivity index (χ1) is 6.71. The van der Waals surface area contributed by atoms with Gasteiger partial charge in [-0.25, -0.2) is 9.59 Å². The average Bonchev–Trinajstić information content (AvgIpc) is 1.99. The molecule has 0 aromatic carbocycles. The van der Waals surface area contributed by atoms with Crippen LogP contribution in [0.15, 0.2) is 10.5 Å². The van der Waals surface area contributed by atoms with Crippen LogP contribution in [0.1, 0.15) is 21.2 Å². The van der Waals surface area contributed by atoms with Crippen LogP contribution in [0.4, 0.5) is 0 Å². The van der Waals surface area contributed by atoms with Crippen LogP contribution in [0, 0.1) is 0 Å². The first-order valence-corrected chi connectivity index (χ1v) is 5.33. The Morgan fingerprint density at radius 1 is 1.19 bits per heavy atom. The third-order valence-corrected chi connectivity index (χ3v) is 2.42. The van der Waals surface area contributed by atoms with Crippen molar-refractivity contribution in [1.29, 1.82) is 0 Å². The van der Waals surface area contributed by atoms with E-state index >= 15 is 0 Å². The van der Waals surface area contributed by atoms with E-state index in [1.54, 1.807) is 6.92 Å². The Kier molecular flexibility index (Phi) is 7.89. The molecule has 0 radical (unpaired) electrons. The standard InChI is InChI=1S/C7H10O7S.Na.H/c1-2-3-4(6(8)9)5(7(10)11)15(12,13)14;;/h2-3H2,1H3,(H,8,9)(H,10,11)(H,12,13,14);;/q;+1;-1/b5-4+;;. The van der Waals surface area contributed by atoms with Gasteiger partial charge in [0.2, 0.25) is 0 Å². The summed E-state index contributed by atoms with van der Waals surface area (Å²) < 4.78 is 29.9. The van der Waals surface area contributed by atoms with Gasteiger partial charge in [0.15, 0.2) is 4.91 Å². The molecule has 0 rings (SSSR count). The maximum atomic E-state index is 10.6. The fourth-order valence-corrected chi connectivity index (χ4v) is 1.68. The summed E-state index contributed by atoms with van der Waals surface area (Å²) in [6.45, 7) is 1.55. The van der Waals surface area contributed by atoms with E-state index in [2.05, 4.69) is 0 Å². The van der Waals surface area contributed by atoms with Crippen LogP contribution in [0.25, 0.3) is 0 Å². The van der Waals surface area contributed by atoms with Gasteiger partial charge < -0.3 is 11.6 Å². The van der Waals surface area contributed by atoms with E-state index in [4.69, 9.17) is 14.8 Å². The zero-order valence-corrected chi connectivity index (χ0v) is 11.6. The third-order valence-electron chi connectivity index (χ3n) is 1.48. The second-order valence-corrected chi connectivity index (χ2v) is 4.00. The van der Waals surface area contributed by atoms with Crippen molar-refractivity contribution in [3.8, 4) is 0 Å². The van der Waals surface area contributed by atoms with E-state index in [1.807, 2.05) is 0 Å². The Morgan fingerprint density at radius 3 is 1.81 bits per heavy atom. The quantitative estimate of drug-likeness (QED) is 0.277. The van der Waals surface area contributed by atoms with Crippen LogP contribution in [0.5, 0.6) is 0 Å². The SMILES string of the molecule is CCC/C(C(=O)O)=C(/C(=O)O)S(=O)(=O)O.[H-].[Na+]. The van der Waals surface area contributed by atoms with Gasteiger partial charge in [0, 0.05) is 0 Å². The number of rotatable bonds is 5. The summed E-state index contributed by atoms with van der Waals surface area (Å²) in [6.07, 6.45) is -0.00924. The van der Waals surface area contributed by atoms with Gasteiger partial charge >= 0.3 is 51.6 Å². The van der Waals surface area contributed by atoms with E-state index in [9.17, 15) is 18.0 Å². The molecule has 7 nitrogen and oxygen atoms in total. The monoisotopic (exact) mass is 262 g/mol. The largest absolute Gasteiger partial charge is 1.00 e. The molecule has 0 aliphatic heterocycles. The maximum Gasteiger partial charge on any atom is 1.00 e. The van der Waals surface area contributed by atoms with Crippen molar-refractivity contribution in [1.82, 2.24) is 0 Å². The molecule has 0 saturated carbocycles. The molecule has 0 fully saturated rings. The van der Waals surface area contributed by atoms with Gasteiger partial charge in [-0.3, -0.25) is 4.55 Å². The van der Waals surface area contributed by atoms with E-state index < -0.39 is 32.5 Å². The predicted molar refractivity (Wildman–Crippen MR) is 49.9 cm³/mol. The molecule has 0 bridgehead atoms. The minimum atomic E-state index is -5.03. The third kappa shape index (κ3) is 5.08. The molecule has 0 aromatic heterocycles. The van der Waals surface area contributed by atoms with Gasteiger partial charge in [0.25, 0.3) is 0 Å². The van der Waals surface area contributed by atoms with Crippen molar-refractivity contribution in [2.75, 3.05) is 0 Å². The number of carboxylic acids is 2. The summed E-state index contributed by atoms with van der Waals surface area (Å²) in [5, 5.41) is 17.1. The van der Waals surface area contributed by atoms with Gasteiger partial charge in [-0.05, 0) is 6.42 Å². The first kappa shape index (κ1) is 18.0. The van der Waals surface area contributed by atoms with Crippen LogP contribution < -0.4 is 29.6 Å². The van der Waals surface area contributed by atoms with Crippen LogP contribution >= 0.6 is 0 Å². The molecule has 0 aliphatic rings. The van der Waals surface area contributed by atoms with Gasteiger partial charge in [-0.1, -0.05) is 13.3 Å². The van der Waals surface area contributed by atoms with Crippen molar-refractivity contribution in [3.05, 3.63) is 10.5 Å². The van der Waals surface area contributed by atoms with Gasteiger partial charge in [-0.2, -0.15) is 8.42 Å². The molecule has 16 heavy (non-hydrogen) atoms. The van der Waals surface area contributed by atoms with Gasteiger partial charge in [0.05, 0.1) is 5.57 Å². The number of hydrogen-bond acceptors (Lipinski definition) is 4. The fraction of sp³-hybridized carbons (Fsp3) is 0.429. The Balaban J connectivity index is -0.000000980. The first-order valence-electron chi connectivity index (χ1n) is 3.89. The molecular weight excluding hydrogens is 251 g/mol. The molecule has 88 valence electrons. The molecule has 0 aromatic rings. The second kappa shape index (κ2) is 7.02.